The summed E-state index contributed by atoms with van der Waals surface area (Å²) >= 11 is 0. The number of aryl methyl sites for hydroxylation is 1. The van der Waals surface area contributed by atoms with Gasteiger partial charge in [-0.05, 0) is 106 Å². The summed E-state index contributed by atoms with van der Waals surface area (Å²) in [7, 11) is 1.44. The van der Waals surface area contributed by atoms with Gasteiger partial charge < -0.3 is 20.7 Å². The Morgan fingerprint density at radius 3 is 2.42 bits per heavy atom. The highest BCUT2D eigenvalue weighted by molar-refractivity contribution is 6.01. The van der Waals surface area contributed by atoms with E-state index in [1.807, 2.05) is 32.9 Å². The van der Waals surface area contributed by atoms with E-state index in [-0.39, 0.29) is 47.1 Å². The van der Waals surface area contributed by atoms with Gasteiger partial charge in [0, 0.05) is 44.0 Å². The fourth-order valence-electron chi connectivity index (χ4n) is 7.12. The molecule has 0 spiro atoms. The molecule has 4 aromatic rings. The van der Waals surface area contributed by atoms with Gasteiger partial charge in [0.15, 0.2) is 0 Å². The highest BCUT2D eigenvalue weighted by Crippen LogP contribution is 2.41. The van der Waals surface area contributed by atoms with Gasteiger partial charge in [-0.25, -0.2) is 9.97 Å². The number of nitrogens with one attached hydrogen (secondary N) is 4. The van der Waals surface area contributed by atoms with Crippen LogP contribution in [0.1, 0.15) is 89.5 Å². The Labute approximate surface area is 316 Å². The molecule has 2 aromatic heterocycles. The number of alkyl halides is 3. The number of carbonyl (C=O) groups excluding carboxylic acids is 3. The molecule has 11 nitrogen and oxygen atoms in total. The van der Waals surface area contributed by atoms with E-state index in [9.17, 15) is 31.9 Å². The highest BCUT2D eigenvalue weighted by atomic mass is 19.4. The zero-order valence-corrected chi connectivity index (χ0v) is 30.9. The molecule has 2 saturated heterocycles. The van der Waals surface area contributed by atoms with E-state index < -0.39 is 35.4 Å². The SMILES string of the molecule is CNC(=O)c1ccccc1Nc1cc(Nc2cc(C)c(C3CCN(Cc4cc(C5CCC(=O)NC5=O)cnc4F)CC3)cc2OC(C)C)ncc1C(F)(F)F. The average molecular weight is 762 g/mol. The van der Waals surface area contributed by atoms with Gasteiger partial charge in [-0.3, -0.25) is 24.6 Å². The van der Waals surface area contributed by atoms with Crippen LogP contribution < -0.4 is 26.0 Å². The van der Waals surface area contributed by atoms with Gasteiger partial charge >= 0.3 is 6.18 Å². The molecule has 3 amide bonds. The quantitative estimate of drug-likeness (QED) is 0.0697. The van der Waals surface area contributed by atoms with Crippen molar-refractivity contribution in [2.75, 3.05) is 30.8 Å². The van der Waals surface area contributed by atoms with Crippen LogP contribution in [0.2, 0.25) is 0 Å². The smallest absolute Gasteiger partial charge is 0.419 e. The van der Waals surface area contributed by atoms with Crippen molar-refractivity contribution in [1.29, 1.82) is 0 Å². The number of anilines is 4. The molecule has 15 heteroatoms. The third-order valence-electron chi connectivity index (χ3n) is 9.87. The molecule has 0 aliphatic carbocycles. The number of hydrogen-bond acceptors (Lipinski definition) is 9. The molecule has 2 fully saturated rings. The predicted molar refractivity (Wildman–Crippen MR) is 199 cm³/mol. The highest BCUT2D eigenvalue weighted by Gasteiger charge is 2.35. The Morgan fingerprint density at radius 2 is 1.73 bits per heavy atom. The summed E-state index contributed by atoms with van der Waals surface area (Å²) in [4.78, 5) is 46.6. The molecule has 0 bridgehead atoms. The topological polar surface area (TPSA) is 138 Å². The van der Waals surface area contributed by atoms with Crippen molar-refractivity contribution < 1.29 is 36.7 Å². The first-order valence-corrected chi connectivity index (χ1v) is 18.1. The lowest BCUT2D eigenvalue weighted by atomic mass is 9.86. The molecule has 0 saturated carbocycles. The molecule has 4 heterocycles. The van der Waals surface area contributed by atoms with Crippen LogP contribution in [0.15, 0.2) is 60.9 Å². The summed E-state index contributed by atoms with van der Waals surface area (Å²) in [5.74, 6) is -1.50. The van der Waals surface area contributed by atoms with Gasteiger partial charge in [-0.2, -0.15) is 17.6 Å². The van der Waals surface area contributed by atoms with Gasteiger partial charge in [-0.1, -0.05) is 12.1 Å². The Hall–Kier alpha value is -5.57. The largest absolute Gasteiger partial charge is 0.489 e. The minimum absolute atomic E-state index is 0.130. The van der Waals surface area contributed by atoms with Gasteiger partial charge in [0.1, 0.15) is 11.6 Å². The normalized spacial score (nSPS) is 16.9. The molecule has 4 N–H and O–H groups in total. The number of ether oxygens (including phenoxy) is 1. The number of para-hydroxylation sites is 1. The second-order valence-corrected chi connectivity index (χ2v) is 14.1. The zero-order chi connectivity index (χ0) is 39.4. The van der Waals surface area contributed by atoms with Gasteiger partial charge in [0.25, 0.3) is 5.91 Å². The number of pyridine rings is 2. The van der Waals surface area contributed by atoms with Crippen LogP contribution in [-0.2, 0) is 22.3 Å². The second-order valence-electron chi connectivity index (χ2n) is 14.1. The molecule has 2 aromatic carbocycles. The van der Waals surface area contributed by atoms with E-state index in [2.05, 4.69) is 36.1 Å². The lowest BCUT2D eigenvalue weighted by Gasteiger charge is -2.33. The molecule has 55 heavy (non-hydrogen) atoms. The van der Waals surface area contributed by atoms with Crippen molar-refractivity contribution in [3.05, 3.63) is 100 Å². The molecule has 0 radical (unpaired) electrons. The summed E-state index contributed by atoms with van der Waals surface area (Å²) in [5.41, 5.74) is 2.62. The number of halogens is 4. The molecule has 290 valence electrons. The minimum Gasteiger partial charge on any atom is -0.489 e. The Morgan fingerprint density at radius 1 is 0.982 bits per heavy atom. The number of imide groups is 1. The fourth-order valence-corrected chi connectivity index (χ4v) is 7.12. The van der Waals surface area contributed by atoms with E-state index in [0.29, 0.717) is 48.6 Å². The van der Waals surface area contributed by atoms with E-state index in [1.54, 1.807) is 18.2 Å². The Balaban J connectivity index is 1.19. The third kappa shape index (κ3) is 9.22. The van der Waals surface area contributed by atoms with Crippen molar-refractivity contribution >= 4 is 40.6 Å². The maximum atomic E-state index is 14.9. The minimum atomic E-state index is -4.72. The summed E-state index contributed by atoms with van der Waals surface area (Å²) in [6.07, 6.45) is -0.685. The van der Waals surface area contributed by atoms with E-state index in [4.69, 9.17) is 4.74 Å². The summed E-state index contributed by atoms with van der Waals surface area (Å²) in [5, 5.41) is 10.8. The van der Waals surface area contributed by atoms with E-state index in [0.717, 1.165) is 30.2 Å². The number of piperidine rings is 2. The van der Waals surface area contributed by atoms with E-state index in [1.165, 1.54) is 31.4 Å². The van der Waals surface area contributed by atoms with Gasteiger partial charge in [-0.15, -0.1) is 0 Å². The van der Waals surface area contributed by atoms with Crippen molar-refractivity contribution in [3.8, 4) is 5.75 Å². The fraction of sp³-hybridized carbons (Fsp3) is 0.375. The van der Waals surface area contributed by atoms with Crippen LogP contribution in [0.25, 0.3) is 0 Å². The van der Waals surface area contributed by atoms with Crippen molar-refractivity contribution in [2.24, 2.45) is 0 Å². The Bertz CT molecular complexity index is 2080. The summed E-state index contributed by atoms with van der Waals surface area (Å²) in [6, 6.07) is 13.1. The monoisotopic (exact) mass is 761 g/mol. The number of carbonyl (C=O) groups is 3. The third-order valence-corrected chi connectivity index (χ3v) is 9.87. The second kappa shape index (κ2) is 16.4. The molecule has 6 rings (SSSR count). The maximum absolute atomic E-state index is 14.9. The molecule has 1 atom stereocenters. The Kier molecular flexibility index (Phi) is 11.7. The van der Waals surface area contributed by atoms with Crippen LogP contribution >= 0.6 is 0 Å². The first-order chi connectivity index (χ1) is 26.2. The number of aromatic nitrogens is 2. The number of amides is 3. The molecular weight excluding hydrogens is 718 g/mol. The van der Waals surface area contributed by atoms with Gasteiger partial charge in [0.2, 0.25) is 17.8 Å². The number of hydrogen-bond donors (Lipinski definition) is 4. The first kappa shape index (κ1) is 39.1. The molecule has 1 unspecified atom stereocenters. The average Bonchev–Trinajstić information content (AvgIpc) is 3.13. The number of rotatable bonds is 11. The van der Waals surface area contributed by atoms with Crippen molar-refractivity contribution in [1.82, 2.24) is 25.5 Å². The molecule has 2 aliphatic heterocycles. The first-order valence-electron chi connectivity index (χ1n) is 18.1. The number of benzene rings is 2. The summed E-state index contributed by atoms with van der Waals surface area (Å²) < 4.78 is 63.5. The van der Waals surface area contributed by atoms with E-state index >= 15 is 0 Å². The zero-order valence-electron chi connectivity index (χ0n) is 30.9. The maximum Gasteiger partial charge on any atom is 0.419 e. The van der Waals surface area contributed by atoms with Gasteiger partial charge in [0.05, 0.1) is 40.2 Å². The van der Waals surface area contributed by atoms with Crippen LogP contribution in [0, 0.1) is 12.9 Å². The lowest BCUT2D eigenvalue weighted by molar-refractivity contribution is -0.137. The molecule has 2 aliphatic rings. The molecular formula is C40H43F4N7O4. The number of likely N-dealkylation sites (tertiary alicyclic amines) is 1. The standard InChI is InChI=1S/C40H43F4N7O4/c1-22(2)55-34-17-29(24-11-13-51(14-12-24)21-26-16-25(19-47-37(26)41)27-9-10-36(52)50-39(27)54)23(3)15-33(34)49-35-18-32(30(20-46-35)40(42,43)44)48-31-8-6-5-7-28(31)38(53)45-4/h5-8,15-20,22,24,27H,9-14,21H2,1-4H3,(H,45,53)(H2,46,48,49)(H,50,52,54). The van der Waals surface area contributed by atoms with Crippen molar-refractivity contribution in [3.63, 3.8) is 0 Å². The lowest BCUT2D eigenvalue weighted by Crippen LogP contribution is -2.39. The van der Waals surface area contributed by atoms with Crippen LogP contribution in [-0.4, -0.2) is 58.8 Å². The van der Waals surface area contributed by atoms with Crippen molar-refractivity contribution in [2.45, 2.75) is 77.1 Å². The summed E-state index contributed by atoms with van der Waals surface area (Å²) in [6.45, 7) is 7.42. The van der Waals surface area contributed by atoms with Crippen LogP contribution in [0.4, 0.5) is 40.4 Å². The predicted octanol–water partition coefficient (Wildman–Crippen LogP) is 7.48. The van der Waals surface area contributed by atoms with Crippen LogP contribution in [0.3, 0.4) is 0 Å². The number of nitrogens with zero attached hydrogens (tertiary/aromatic N) is 3. The van der Waals surface area contributed by atoms with Crippen LogP contribution in [0.5, 0.6) is 5.75 Å².